The Balaban J connectivity index is 0. The first-order valence-electron chi connectivity index (χ1n) is 9.07. The average Bonchev–Trinajstić information content (AvgIpc) is 2.44. The summed E-state index contributed by atoms with van der Waals surface area (Å²) in [5.74, 6) is -0.276. The van der Waals surface area contributed by atoms with Gasteiger partial charge in [-0.2, -0.15) is 0 Å². The molecule has 23 heavy (non-hydrogen) atoms. The van der Waals surface area contributed by atoms with Gasteiger partial charge in [0, 0.05) is 5.75 Å². The van der Waals surface area contributed by atoms with E-state index >= 15 is 0 Å². The van der Waals surface area contributed by atoms with Gasteiger partial charge in [-0.25, -0.2) is 8.42 Å². The molecule has 0 spiro atoms. The summed E-state index contributed by atoms with van der Waals surface area (Å²) in [6.45, 7) is 2.23. The fourth-order valence-corrected chi connectivity index (χ4v) is 3.23. The first-order valence-corrected chi connectivity index (χ1v) is 10.6. The minimum atomic E-state index is -4.07. The van der Waals surface area contributed by atoms with Crippen LogP contribution >= 0.6 is 0 Å². The molecule has 0 aromatic carbocycles. The molecule has 1 N–H and O–H groups in total. The fraction of sp³-hybridized carbons (Fsp3) is 1.00. The van der Waals surface area contributed by atoms with Gasteiger partial charge in [-0.15, -0.1) is 0 Å². The van der Waals surface area contributed by atoms with Crippen LogP contribution in [0.15, 0.2) is 0 Å². The largest absolute Gasteiger partial charge is 1.00 e. The molecular weight excluding hydrogens is 323 g/mol. The maximum absolute atomic E-state index is 10.4. The Labute approximate surface area is 165 Å². The van der Waals surface area contributed by atoms with E-state index in [0.717, 1.165) is 25.7 Å². The van der Waals surface area contributed by atoms with Crippen molar-refractivity contribution in [3.63, 3.8) is 0 Å². The predicted molar refractivity (Wildman–Crippen MR) is 90.9 cm³/mol. The zero-order valence-corrected chi connectivity index (χ0v) is 18.1. The molecule has 0 aromatic rings. The fourth-order valence-electron chi connectivity index (χ4n) is 2.67. The number of rotatable bonds is 16. The van der Waals surface area contributed by atoms with E-state index < -0.39 is 10.1 Å². The molecule has 0 rings (SSSR count). The molecule has 6 heteroatoms. The molecule has 0 aromatic heterocycles. The zero-order valence-electron chi connectivity index (χ0n) is 15.3. The van der Waals surface area contributed by atoms with Gasteiger partial charge in [-0.1, -0.05) is 77.6 Å². The monoisotopic (exact) mass is 358 g/mol. The molecule has 0 saturated carbocycles. The number of unbranched alkanes of at least 4 members (excludes halogenated alkanes) is 10. The van der Waals surface area contributed by atoms with Crippen molar-refractivity contribution in [2.45, 2.75) is 103 Å². The molecule has 0 aliphatic heterocycles. The molecule has 0 heterocycles. The van der Waals surface area contributed by atoms with Crippen molar-refractivity contribution in [3.05, 3.63) is 0 Å². The van der Waals surface area contributed by atoms with E-state index in [9.17, 15) is 18.1 Å². The summed E-state index contributed by atoms with van der Waals surface area (Å²) in [5.41, 5.74) is 0. The molecule has 0 fully saturated rings. The Hall–Kier alpha value is 0.870. The second-order valence-corrected chi connectivity index (χ2v) is 7.91. The van der Waals surface area contributed by atoms with E-state index in [1.54, 1.807) is 0 Å². The Kier molecular flexibility index (Phi) is 20.1. The SMILES string of the molecule is CCCCCCCCCCCC(O)CCCCCS(=O)(=O)[O-].[Na+]. The van der Waals surface area contributed by atoms with Crippen LogP contribution < -0.4 is 29.6 Å². The first-order chi connectivity index (χ1) is 10.5. The molecule has 0 radical (unpaired) electrons. The molecule has 0 aliphatic carbocycles. The molecule has 4 nitrogen and oxygen atoms in total. The van der Waals surface area contributed by atoms with E-state index in [2.05, 4.69) is 6.92 Å². The van der Waals surface area contributed by atoms with Gasteiger partial charge in [0.1, 0.15) is 0 Å². The summed E-state index contributed by atoms with van der Waals surface area (Å²) in [4.78, 5) is 0. The molecule has 1 unspecified atom stereocenters. The van der Waals surface area contributed by atoms with Crippen LogP contribution in [-0.2, 0) is 10.1 Å². The van der Waals surface area contributed by atoms with Crippen molar-refractivity contribution in [2.75, 3.05) is 5.75 Å². The maximum Gasteiger partial charge on any atom is 1.00 e. The average molecular weight is 359 g/mol. The van der Waals surface area contributed by atoms with Gasteiger partial charge < -0.3 is 9.66 Å². The summed E-state index contributed by atoms with van der Waals surface area (Å²) < 4.78 is 31.3. The smallest absolute Gasteiger partial charge is 0.748 e. The minimum Gasteiger partial charge on any atom is -0.748 e. The molecular formula is C17H35NaO4S. The Bertz CT molecular complexity index is 333. The molecule has 0 aliphatic rings. The Morgan fingerprint density at radius 3 is 1.61 bits per heavy atom. The van der Waals surface area contributed by atoms with Crippen molar-refractivity contribution >= 4 is 10.1 Å². The molecule has 1 atom stereocenters. The summed E-state index contributed by atoms with van der Waals surface area (Å²) in [7, 11) is -4.07. The third kappa shape index (κ3) is 22.9. The minimum absolute atomic E-state index is 0. The van der Waals surface area contributed by atoms with Gasteiger partial charge in [0.05, 0.1) is 16.2 Å². The van der Waals surface area contributed by atoms with Gasteiger partial charge in [0.2, 0.25) is 0 Å². The van der Waals surface area contributed by atoms with Crippen molar-refractivity contribution in [2.24, 2.45) is 0 Å². The van der Waals surface area contributed by atoms with Crippen LogP contribution in [0.4, 0.5) is 0 Å². The summed E-state index contributed by atoms with van der Waals surface area (Å²) >= 11 is 0. The van der Waals surface area contributed by atoms with E-state index in [1.807, 2.05) is 0 Å². The van der Waals surface area contributed by atoms with E-state index in [-0.39, 0.29) is 41.4 Å². The molecule has 0 amide bonds. The van der Waals surface area contributed by atoms with Gasteiger partial charge >= 0.3 is 29.6 Å². The van der Waals surface area contributed by atoms with E-state index in [1.165, 1.54) is 51.4 Å². The second kappa shape index (κ2) is 17.7. The third-order valence-electron chi connectivity index (χ3n) is 4.07. The van der Waals surface area contributed by atoms with Crippen LogP contribution in [0.3, 0.4) is 0 Å². The number of hydrogen-bond donors (Lipinski definition) is 1. The quantitative estimate of drug-likeness (QED) is 0.257. The van der Waals surface area contributed by atoms with Crippen LogP contribution in [0, 0.1) is 0 Å². The summed E-state index contributed by atoms with van der Waals surface area (Å²) in [6, 6.07) is 0. The normalized spacial score (nSPS) is 12.8. The zero-order chi connectivity index (χ0) is 16.7. The van der Waals surface area contributed by atoms with E-state index in [0.29, 0.717) is 12.8 Å². The third-order valence-corrected chi connectivity index (χ3v) is 4.86. The van der Waals surface area contributed by atoms with Crippen LogP contribution in [0.5, 0.6) is 0 Å². The molecule has 0 bridgehead atoms. The summed E-state index contributed by atoms with van der Waals surface area (Å²) in [5, 5.41) is 9.83. The van der Waals surface area contributed by atoms with Gasteiger partial charge in [0.15, 0.2) is 0 Å². The van der Waals surface area contributed by atoms with Gasteiger partial charge in [-0.05, 0) is 19.3 Å². The number of hydrogen-bond acceptors (Lipinski definition) is 4. The van der Waals surface area contributed by atoms with Gasteiger partial charge in [0.25, 0.3) is 0 Å². The maximum atomic E-state index is 10.4. The van der Waals surface area contributed by atoms with Crippen LogP contribution in [0.2, 0.25) is 0 Å². The topological polar surface area (TPSA) is 77.4 Å². The number of aliphatic hydroxyl groups excluding tert-OH is 1. The Morgan fingerprint density at radius 1 is 0.783 bits per heavy atom. The van der Waals surface area contributed by atoms with E-state index in [4.69, 9.17) is 0 Å². The number of aliphatic hydroxyl groups is 1. The second-order valence-electron chi connectivity index (χ2n) is 6.38. The van der Waals surface area contributed by atoms with Crippen LogP contribution in [0.1, 0.15) is 96.8 Å². The summed E-state index contributed by atoms with van der Waals surface area (Å²) in [6.07, 6.45) is 14.8. The Morgan fingerprint density at radius 2 is 1.17 bits per heavy atom. The standard InChI is InChI=1S/C17H36O4S.Na/c1-2-3-4-5-6-7-8-9-11-14-17(18)15-12-10-13-16-22(19,20)21;/h17-18H,2-16H2,1H3,(H,19,20,21);/q;+1/p-1. The molecule has 0 saturated heterocycles. The van der Waals surface area contributed by atoms with Crippen molar-refractivity contribution < 1.29 is 47.6 Å². The van der Waals surface area contributed by atoms with Crippen molar-refractivity contribution in [1.29, 1.82) is 0 Å². The first kappa shape index (κ1) is 26.1. The van der Waals surface area contributed by atoms with Gasteiger partial charge in [-0.3, -0.25) is 0 Å². The van der Waals surface area contributed by atoms with Crippen molar-refractivity contribution in [1.82, 2.24) is 0 Å². The van der Waals surface area contributed by atoms with Crippen LogP contribution in [0.25, 0.3) is 0 Å². The molecule has 134 valence electrons. The van der Waals surface area contributed by atoms with Crippen molar-refractivity contribution in [3.8, 4) is 0 Å². The van der Waals surface area contributed by atoms with Crippen LogP contribution in [-0.4, -0.2) is 29.9 Å². The predicted octanol–water partition coefficient (Wildman–Crippen LogP) is 1.38.